The summed E-state index contributed by atoms with van der Waals surface area (Å²) in [6.45, 7) is 9.48. The van der Waals surface area contributed by atoms with Crippen LogP contribution < -0.4 is 0 Å². The minimum absolute atomic E-state index is 0.396. The maximum Gasteiger partial charge on any atom is 0.0916 e. The molecule has 108 valence electrons. The maximum absolute atomic E-state index is 10.3. The Hall–Kier alpha value is -0.860. The van der Waals surface area contributed by atoms with Crippen LogP contribution in [0.15, 0.2) is 24.3 Å². The molecule has 0 aliphatic carbocycles. The van der Waals surface area contributed by atoms with Gasteiger partial charge in [-0.2, -0.15) is 0 Å². The third-order valence-corrected chi connectivity index (χ3v) is 4.01. The largest absolute Gasteiger partial charge is 0.387 e. The topological polar surface area (TPSA) is 23.5 Å². The van der Waals surface area contributed by atoms with Crippen molar-refractivity contribution < 1.29 is 5.11 Å². The first-order valence-electron chi connectivity index (χ1n) is 7.47. The molecule has 1 aromatic carbocycles. The number of benzene rings is 1. The van der Waals surface area contributed by atoms with Crippen molar-refractivity contribution in [2.45, 2.75) is 58.6 Å². The Labute approximate surface area is 118 Å². The van der Waals surface area contributed by atoms with Crippen molar-refractivity contribution in [1.82, 2.24) is 4.90 Å². The molecule has 0 bridgehead atoms. The number of rotatable bonds is 7. The number of hydrogen-bond donors (Lipinski definition) is 1. The van der Waals surface area contributed by atoms with Gasteiger partial charge in [-0.25, -0.2) is 0 Å². The molecule has 0 fully saturated rings. The summed E-state index contributed by atoms with van der Waals surface area (Å²) >= 11 is 0. The fraction of sp³-hybridized carbons (Fsp3) is 0.647. The smallest absolute Gasteiger partial charge is 0.0916 e. The molecule has 1 aromatic rings. The van der Waals surface area contributed by atoms with Crippen molar-refractivity contribution in [3.8, 4) is 0 Å². The van der Waals surface area contributed by atoms with Crippen LogP contribution in [0.25, 0.3) is 0 Å². The van der Waals surface area contributed by atoms with E-state index in [1.807, 2.05) is 0 Å². The van der Waals surface area contributed by atoms with Crippen LogP contribution in [-0.4, -0.2) is 29.6 Å². The molecule has 0 spiro atoms. The summed E-state index contributed by atoms with van der Waals surface area (Å²) in [7, 11) is 2.10. The zero-order chi connectivity index (χ0) is 14.4. The van der Waals surface area contributed by atoms with Gasteiger partial charge in [-0.05, 0) is 36.9 Å². The molecule has 0 aromatic heterocycles. The number of hydrogen-bond acceptors (Lipinski definition) is 2. The van der Waals surface area contributed by atoms with E-state index in [9.17, 15) is 5.11 Å². The third kappa shape index (κ3) is 4.63. The Morgan fingerprint density at radius 2 is 1.47 bits per heavy atom. The molecule has 0 aliphatic rings. The van der Waals surface area contributed by atoms with Crippen LogP contribution in [0.3, 0.4) is 0 Å². The van der Waals surface area contributed by atoms with Gasteiger partial charge in [-0.1, -0.05) is 52.0 Å². The lowest BCUT2D eigenvalue weighted by molar-refractivity contribution is 0.101. The first-order valence-corrected chi connectivity index (χ1v) is 7.47. The second kappa shape index (κ2) is 7.66. The summed E-state index contributed by atoms with van der Waals surface area (Å²) in [4.78, 5) is 2.26. The van der Waals surface area contributed by atoms with E-state index >= 15 is 0 Å². The van der Waals surface area contributed by atoms with Gasteiger partial charge in [0.05, 0.1) is 6.10 Å². The van der Waals surface area contributed by atoms with Gasteiger partial charge in [0.2, 0.25) is 0 Å². The fourth-order valence-electron chi connectivity index (χ4n) is 2.54. The van der Waals surface area contributed by atoms with Gasteiger partial charge >= 0.3 is 0 Å². The Balaban J connectivity index is 2.64. The first-order chi connectivity index (χ1) is 8.99. The molecule has 0 saturated heterocycles. The van der Waals surface area contributed by atoms with E-state index in [2.05, 4.69) is 63.9 Å². The van der Waals surface area contributed by atoms with Crippen LogP contribution >= 0.6 is 0 Å². The average Bonchev–Trinajstić information content (AvgIpc) is 2.40. The quantitative estimate of drug-likeness (QED) is 0.805. The molecule has 19 heavy (non-hydrogen) atoms. The SMILES string of the molecule is CCC(CC)N(C)CC(O)c1ccc(C(C)C)cc1. The van der Waals surface area contributed by atoms with Crippen molar-refractivity contribution in [2.75, 3.05) is 13.6 Å². The maximum atomic E-state index is 10.3. The van der Waals surface area contributed by atoms with Gasteiger partial charge in [0.15, 0.2) is 0 Å². The predicted molar refractivity (Wildman–Crippen MR) is 82.5 cm³/mol. The molecule has 1 N–H and O–H groups in total. The second-order valence-corrected chi connectivity index (χ2v) is 5.75. The summed E-state index contributed by atoms with van der Waals surface area (Å²) in [5.74, 6) is 0.540. The van der Waals surface area contributed by atoms with Crippen LogP contribution in [0.5, 0.6) is 0 Å². The van der Waals surface area contributed by atoms with Crippen LogP contribution in [0.2, 0.25) is 0 Å². The van der Waals surface area contributed by atoms with E-state index in [0.29, 0.717) is 18.5 Å². The van der Waals surface area contributed by atoms with Gasteiger partial charge in [0, 0.05) is 12.6 Å². The fourth-order valence-corrected chi connectivity index (χ4v) is 2.54. The van der Waals surface area contributed by atoms with E-state index in [0.717, 1.165) is 18.4 Å². The Bertz CT molecular complexity index is 354. The van der Waals surface area contributed by atoms with Crippen LogP contribution in [0.4, 0.5) is 0 Å². The molecule has 2 heteroatoms. The lowest BCUT2D eigenvalue weighted by Crippen LogP contribution is -2.34. The molecule has 0 radical (unpaired) electrons. The predicted octanol–water partition coefficient (Wildman–Crippen LogP) is 3.96. The second-order valence-electron chi connectivity index (χ2n) is 5.75. The van der Waals surface area contributed by atoms with E-state index in [-0.39, 0.29) is 0 Å². The van der Waals surface area contributed by atoms with Gasteiger partial charge < -0.3 is 10.0 Å². The molecule has 0 heterocycles. The van der Waals surface area contributed by atoms with Crippen molar-refractivity contribution in [3.05, 3.63) is 35.4 Å². The minimum atomic E-state index is -0.396. The highest BCUT2D eigenvalue weighted by atomic mass is 16.3. The minimum Gasteiger partial charge on any atom is -0.387 e. The van der Waals surface area contributed by atoms with E-state index < -0.39 is 6.10 Å². The summed E-state index contributed by atoms with van der Waals surface area (Å²) in [6, 6.07) is 8.92. The van der Waals surface area contributed by atoms with Gasteiger partial charge in [0.1, 0.15) is 0 Å². The number of aliphatic hydroxyl groups excluding tert-OH is 1. The Kier molecular flexibility index (Phi) is 6.53. The zero-order valence-corrected chi connectivity index (χ0v) is 13.1. The Morgan fingerprint density at radius 3 is 1.89 bits per heavy atom. The third-order valence-electron chi connectivity index (χ3n) is 4.01. The van der Waals surface area contributed by atoms with Crippen molar-refractivity contribution >= 4 is 0 Å². The molecular weight excluding hydrogens is 234 g/mol. The average molecular weight is 263 g/mol. The molecule has 1 unspecified atom stereocenters. The molecule has 1 atom stereocenters. The first kappa shape index (κ1) is 16.2. The van der Waals surface area contributed by atoms with Crippen molar-refractivity contribution in [1.29, 1.82) is 0 Å². The summed E-state index contributed by atoms with van der Waals surface area (Å²) < 4.78 is 0. The van der Waals surface area contributed by atoms with Crippen molar-refractivity contribution in [3.63, 3.8) is 0 Å². The van der Waals surface area contributed by atoms with Gasteiger partial charge in [0.25, 0.3) is 0 Å². The molecule has 0 saturated carbocycles. The molecule has 0 amide bonds. The lowest BCUT2D eigenvalue weighted by Gasteiger charge is -2.28. The highest BCUT2D eigenvalue weighted by molar-refractivity contribution is 5.26. The summed E-state index contributed by atoms with van der Waals surface area (Å²) in [5.41, 5.74) is 2.34. The number of likely N-dealkylation sites (N-methyl/N-ethyl adjacent to an activating group) is 1. The molecule has 0 aliphatic heterocycles. The monoisotopic (exact) mass is 263 g/mol. The van der Waals surface area contributed by atoms with E-state index in [1.54, 1.807) is 0 Å². The standard InChI is InChI=1S/C17H29NO/c1-6-16(7-2)18(5)12-17(19)15-10-8-14(9-11-15)13(3)4/h8-11,13,16-17,19H,6-7,12H2,1-5H3. The van der Waals surface area contributed by atoms with Crippen LogP contribution in [0, 0.1) is 0 Å². The van der Waals surface area contributed by atoms with Crippen LogP contribution in [0.1, 0.15) is 63.7 Å². The summed E-state index contributed by atoms with van der Waals surface area (Å²) in [5, 5.41) is 10.3. The van der Waals surface area contributed by atoms with Crippen molar-refractivity contribution in [2.24, 2.45) is 0 Å². The van der Waals surface area contributed by atoms with Crippen LogP contribution in [-0.2, 0) is 0 Å². The van der Waals surface area contributed by atoms with E-state index in [4.69, 9.17) is 0 Å². The lowest BCUT2D eigenvalue weighted by atomic mass is 9.99. The molecule has 2 nitrogen and oxygen atoms in total. The van der Waals surface area contributed by atoms with Gasteiger partial charge in [-0.3, -0.25) is 0 Å². The highest BCUT2D eigenvalue weighted by Crippen LogP contribution is 2.20. The highest BCUT2D eigenvalue weighted by Gasteiger charge is 2.16. The summed E-state index contributed by atoms with van der Waals surface area (Å²) in [6.07, 6.45) is 1.87. The Morgan fingerprint density at radius 1 is 1.00 bits per heavy atom. The van der Waals surface area contributed by atoms with Gasteiger partial charge in [-0.15, -0.1) is 0 Å². The normalized spacial score (nSPS) is 13.5. The molecule has 1 rings (SSSR count). The van der Waals surface area contributed by atoms with E-state index in [1.165, 1.54) is 5.56 Å². The molecular formula is C17H29NO. The number of aliphatic hydroxyl groups is 1. The zero-order valence-electron chi connectivity index (χ0n) is 13.1. The number of nitrogens with zero attached hydrogens (tertiary/aromatic N) is 1.